The van der Waals surface area contributed by atoms with Crippen LogP contribution in [0.4, 0.5) is 0 Å². The zero-order chi connectivity index (χ0) is 20.2. The SMILES string of the molecule is CCCc1nc(C(C)C)nn1Cc1ccc(-c2ccccc2-c2nn[nH]n2)cc1. The van der Waals surface area contributed by atoms with Gasteiger partial charge in [0.2, 0.25) is 5.82 Å². The van der Waals surface area contributed by atoms with Gasteiger partial charge in [-0.15, -0.1) is 10.2 Å². The van der Waals surface area contributed by atoms with Crippen LogP contribution in [0.15, 0.2) is 48.5 Å². The molecule has 0 aliphatic heterocycles. The van der Waals surface area contributed by atoms with Crippen LogP contribution < -0.4 is 0 Å². The van der Waals surface area contributed by atoms with Crippen LogP contribution >= 0.6 is 0 Å². The first-order valence-corrected chi connectivity index (χ1v) is 10.0. The molecule has 0 fully saturated rings. The molecule has 2 aromatic carbocycles. The Morgan fingerprint density at radius 2 is 1.76 bits per heavy atom. The first-order valence-electron chi connectivity index (χ1n) is 10.0. The zero-order valence-electron chi connectivity index (χ0n) is 17.0. The Balaban J connectivity index is 1.60. The Bertz CT molecular complexity index is 1060. The van der Waals surface area contributed by atoms with E-state index in [0.717, 1.165) is 47.7 Å². The Morgan fingerprint density at radius 3 is 2.41 bits per heavy atom. The maximum absolute atomic E-state index is 4.73. The predicted octanol–water partition coefficient (Wildman–Crippen LogP) is 4.25. The van der Waals surface area contributed by atoms with Crippen LogP contribution in [-0.2, 0) is 13.0 Å². The molecule has 29 heavy (non-hydrogen) atoms. The third-order valence-corrected chi connectivity index (χ3v) is 4.87. The Hall–Kier alpha value is -3.35. The molecule has 2 heterocycles. The van der Waals surface area contributed by atoms with E-state index in [1.165, 1.54) is 5.56 Å². The molecule has 7 nitrogen and oxygen atoms in total. The largest absolute Gasteiger partial charge is 0.245 e. The van der Waals surface area contributed by atoms with E-state index < -0.39 is 0 Å². The lowest BCUT2D eigenvalue weighted by atomic mass is 9.98. The molecular formula is C22H25N7. The van der Waals surface area contributed by atoms with Crippen molar-refractivity contribution in [1.29, 1.82) is 0 Å². The fourth-order valence-corrected chi connectivity index (χ4v) is 3.34. The molecule has 0 atom stereocenters. The number of benzene rings is 2. The van der Waals surface area contributed by atoms with E-state index in [9.17, 15) is 0 Å². The van der Waals surface area contributed by atoms with Crippen LogP contribution in [0.2, 0.25) is 0 Å². The fraction of sp³-hybridized carbons (Fsp3) is 0.318. The van der Waals surface area contributed by atoms with Crippen LogP contribution in [0, 0.1) is 0 Å². The molecule has 148 valence electrons. The molecule has 0 saturated carbocycles. The van der Waals surface area contributed by atoms with Crippen molar-refractivity contribution in [2.45, 2.75) is 46.1 Å². The molecule has 2 aromatic heterocycles. The molecule has 7 heteroatoms. The number of hydrogen-bond donors (Lipinski definition) is 1. The topological polar surface area (TPSA) is 85.2 Å². The normalized spacial score (nSPS) is 11.3. The Morgan fingerprint density at radius 1 is 1.00 bits per heavy atom. The van der Waals surface area contributed by atoms with Gasteiger partial charge >= 0.3 is 0 Å². The van der Waals surface area contributed by atoms with E-state index in [4.69, 9.17) is 10.1 Å². The van der Waals surface area contributed by atoms with Gasteiger partial charge in [-0.3, -0.25) is 0 Å². The summed E-state index contributed by atoms with van der Waals surface area (Å²) in [6, 6.07) is 16.6. The molecule has 0 aliphatic carbocycles. The molecule has 0 amide bonds. The van der Waals surface area contributed by atoms with Gasteiger partial charge in [0.25, 0.3) is 0 Å². The summed E-state index contributed by atoms with van der Waals surface area (Å²) in [4.78, 5) is 4.73. The van der Waals surface area contributed by atoms with E-state index in [-0.39, 0.29) is 0 Å². The summed E-state index contributed by atoms with van der Waals surface area (Å²) in [5.74, 6) is 2.90. The van der Waals surface area contributed by atoms with Gasteiger partial charge < -0.3 is 0 Å². The minimum atomic E-state index is 0.330. The van der Waals surface area contributed by atoms with Gasteiger partial charge in [0, 0.05) is 17.9 Å². The number of aromatic nitrogens is 7. The van der Waals surface area contributed by atoms with Gasteiger partial charge in [-0.05, 0) is 28.3 Å². The number of nitrogens with one attached hydrogen (secondary N) is 1. The summed E-state index contributed by atoms with van der Waals surface area (Å²) in [5, 5.41) is 19.2. The second-order valence-electron chi connectivity index (χ2n) is 7.43. The van der Waals surface area contributed by atoms with Gasteiger partial charge in [0.1, 0.15) is 5.82 Å². The van der Waals surface area contributed by atoms with Crippen molar-refractivity contribution >= 4 is 0 Å². The molecule has 0 unspecified atom stereocenters. The van der Waals surface area contributed by atoms with Crippen LogP contribution in [-0.4, -0.2) is 35.4 Å². The van der Waals surface area contributed by atoms with Crippen molar-refractivity contribution in [1.82, 2.24) is 35.4 Å². The van der Waals surface area contributed by atoms with Crippen molar-refractivity contribution in [3.05, 3.63) is 65.7 Å². The van der Waals surface area contributed by atoms with E-state index >= 15 is 0 Å². The summed E-state index contributed by atoms with van der Waals surface area (Å²) >= 11 is 0. The second kappa shape index (κ2) is 8.34. The zero-order valence-corrected chi connectivity index (χ0v) is 17.0. The maximum atomic E-state index is 4.73. The molecule has 0 spiro atoms. The van der Waals surface area contributed by atoms with Gasteiger partial charge in [-0.25, -0.2) is 9.67 Å². The van der Waals surface area contributed by atoms with Gasteiger partial charge in [0.05, 0.1) is 6.54 Å². The van der Waals surface area contributed by atoms with E-state index in [1.54, 1.807) is 0 Å². The van der Waals surface area contributed by atoms with Crippen molar-refractivity contribution in [2.75, 3.05) is 0 Å². The molecule has 0 bridgehead atoms. The average molecular weight is 387 g/mol. The number of rotatable bonds is 7. The van der Waals surface area contributed by atoms with Crippen LogP contribution in [0.1, 0.15) is 50.3 Å². The molecule has 0 saturated heterocycles. The maximum Gasteiger partial charge on any atom is 0.205 e. The molecule has 4 aromatic rings. The minimum absolute atomic E-state index is 0.330. The lowest BCUT2D eigenvalue weighted by molar-refractivity contribution is 0.619. The Kier molecular flexibility index (Phi) is 5.46. The first-order chi connectivity index (χ1) is 14.2. The van der Waals surface area contributed by atoms with Crippen LogP contribution in [0.3, 0.4) is 0 Å². The second-order valence-corrected chi connectivity index (χ2v) is 7.43. The first kappa shape index (κ1) is 19.0. The Labute approximate surface area is 170 Å². The minimum Gasteiger partial charge on any atom is -0.245 e. The van der Waals surface area contributed by atoms with Crippen molar-refractivity contribution in [3.63, 3.8) is 0 Å². The number of H-pyrrole nitrogens is 1. The standard InChI is InChI=1S/C22H25N7/c1-4-7-20-23-21(15(2)3)26-29(20)14-16-10-12-17(13-11-16)18-8-5-6-9-19(18)22-24-27-28-25-22/h5-6,8-13,15H,4,7,14H2,1-3H3,(H,24,25,27,28). The number of aromatic amines is 1. The van der Waals surface area contributed by atoms with Crippen molar-refractivity contribution in [3.8, 4) is 22.5 Å². The highest BCUT2D eigenvalue weighted by Crippen LogP contribution is 2.29. The predicted molar refractivity (Wildman–Crippen MR) is 112 cm³/mol. The summed E-state index contributed by atoms with van der Waals surface area (Å²) in [6.07, 6.45) is 2.00. The molecule has 0 aliphatic rings. The summed E-state index contributed by atoms with van der Waals surface area (Å²) in [5.41, 5.74) is 4.35. The third kappa shape index (κ3) is 4.08. The summed E-state index contributed by atoms with van der Waals surface area (Å²) in [6.45, 7) is 7.16. The van der Waals surface area contributed by atoms with E-state index in [2.05, 4.69) is 71.7 Å². The summed E-state index contributed by atoms with van der Waals surface area (Å²) < 4.78 is 2.04. The van der Waals surface area contributed by atoms with Crippen molar-refractivity contribution < 1.29 is 0 Å². The average Bonchev–Trinajstić information content (AvgIpc) is 3.40. The molecular weight excluding hydrogens is 362 g/mol. The third-order valence-electron chi connectivity index (χ3n) is 4.87. The highest BCUT2D eigenvalue weighted by Gasteiger charge is 2.13. The quantitative estimate of drug-likeness (QED) is 0.512. The van der Waals surface area contributed by atoms with Gasteiger partial charge in [-0.2, -0.15) is 10.3 Å². The van der Waals surface area contributed by atoms with Crippen molar-refractivity contribution in [2.24, 2.45) is 0 Å². The molecule has 0 radical (unpaired) electrons. The number of nitrogens with zero attached hydrogens (tertiary/aromatic N) is 6. The van der Waals surface area contributed by atoms with Crippen LogP contribution in [0.25, 0.3) is 22.5 Å². The lowest BCUT2D eigenvalue weighted by Crippen LogP contribution is -2.07. The highest BCUT2D eigenvalue weighted by atomic mass is 15.5. The van der Waals surface area contributed by atoms with E-state index in [1.807, 2.05) is 22.9 Å². The smallest absolute Gasteiger partial charge is 0.205 e. The van der Waals surface area contributed by atoms with Gasteiger partial charge in [-0.1, -0.05) is 69.3 Å². The van der Waals surface area contributed by atoms with Crippen LogP contribution in [0.5, 0.6) is 0 Å². The van der Waals surface area contributed by atoms with E-state index in [0.29, 0.717) is 11.7 Å². The highest BCUT2D eigenvalue weighted by molar-refractivity contribution is 5.80. The number of hydrogen-bond acceptors (Lipinski definition) is 5. The van der Waals surface area contributed by atoms with Gasteiger partial charge in [0.15, 0.2) is 5.82 Å². The lowest BCUT2D eigenvalue weighted by Gasteiger charge is -2.09. The monoisotopic (exact) mass is 387 g/mol. The molecule has 1 N–H and O–H groups in total. The number of aryl methyl sites for hydroxylation is 1. The number of tetrazole rings is 1. The summed E-state index contributed by atoms with van der Waals surface area (Å²) in [7, 11) is 0. The molecule has 4 rings (SSSR count). The fourth-order valence-electron chi connectivity index (χ4n) is 3.34.